The Bertz CT molecular complexity index is 2660. The molecular weight excluding hydrogens is 623 g/mol. The Balaban J connectivity index is 1.46. The van der Waals surface area contributed by atoms with Gasteiger partial charge in [0.25, 0.3) is 0 Å². The molecule has 50 heavy (non-hydrogen) atoms. The number of rotatable bonds is 6. The van der Waals surface area contributed by atoms with Crippen LogP contribution in [0.2, 0.25) is 0 Å². The second-order valence-electron chi connectivity index (χ2n) is 13.7. The molecule has 0 saturated carbocycles. The quantitative estimate of drug-likeness (QED) is 0.167. The fourth-order valence-electron chi connectivity index (χ4n) is 8.18. The largest absolute Gasteiger partial charge is 0.309 e. The lowest BCUT2D eigenvalue weighted by molar-refractivity contribution is 0.735. The van der Waals surface area contributed by atoms with Crippen molar-refractivity contribution in [1.29, 1.82) is 0 Å². The average Bonchev–Trinajstić information content (AvgIpc) is 3.70. The maximum absolute atomic E-state index is 2.45. The van der Waals surface area contributed by atoms with E-state index in [4.69, 9.17) is 0 Å². The van der Waals surface area contributed by atoms with E-state index in [9.17, 15) is 0 Å². The van der Waals surface area contributed by atoms with E-state index in [1.807, 2.05) is 11.3 Å². The summed E-state index contributed by atoms with van der Waals surface area (Å²) in [6.45, 7) is 9.27. The number of para-hydroxylation sites is 2. The summed E-state index contributed by atoms with van der Waals surface area (Å²) in [4.78, 5) is 0. The number of benzene rings is 7. The van der Waals surface area contributed by atoms with Gasteiger partial charge in [0.05, 0.1) is 11.0 Å². The Hall–Kier alpha value is -5.44. The Morgan fingerprint density at radius 2 is 1.18 bits per heavy atom. The van der Waals surface area contributed by atoms with E-state index in [1.54, 1.807) is 0 Å². The lowest BCUT2D eigenvalue weighted by atomic mass is 9.80. The minimum Gasteiger partial charge on any atom is -0.309 e. The van der Waals surface area contributed by atoms with Crippen LogP contribution in [0, 0.1) is 13.8 Å². The lowest BCUT2D eigenvalue weighted by Crippen LogP contribution is -2.01. The van der Waals surface area contributed by atoms with E-state index >= 15 is 0 Å². The van der Waals surface area contributed by atoms with E-state index < -0.39 is 0 Å². The van der Waals surface area contributed by atoms with Crippen molar-refractivity contribution in [3.8, 4) is 39.1 Å². The number of aryl methyl sites for hydroxylation is 1. The molecule has 1 nitrogen and oxygen atoms in total. The van der Waals surface area contributed by atoms with Crippen LogP contribution >= 0.6 is 11.3 Å². The number of hydrogen-bond acceptors (Lipinski definition) is 1. The third-order valence-electron chi connectivity index (χ3n) is 10.7. The average molecular weight is 662 g/mol. The van der Waals surface area contributed by atoms with Gasteiger partial charge in [-0.1, -0.05) is 135 Å². The van der Waals surface area contributed by atoms with Gasteiger partial charge in [0.15, 0.2) is 0 Å². The summed E-state index contributed by atoms with van der Waals surface area (Å²) in [6, 6.07) is 54.0. The molecule has 2 heterocycles. The van der Waals surface area contributed by atoms with Gasteiger partial charge in [0, 0.05) is 42.2 Å². The Morgan fingerprint density at radius 3 is 1.82 bits per heavy atom. The summed E-state index contributed by atoms with van der Waals surface area (Å²) in [5.74, 6) is 0.445. The highest BCUT2D eigenvalue weighted by molar-refractivity contribution is 7.26. The van der Waals surface area contributed by atoms with Gasteiger partial charge in [-0.25, -0.2) is 0 Å². The third kappa shape index (κ3) is 4.74. The van der Waals surface area contributed by atoms with E-state index in [0.717, 1.165) is 6.42 Å². The minimum absolute atomic E-state index is 0.445. The summed E-state index contributed by atoms with van der Waals surface area (Å²) in [5, 5.41) is 5.22. The Kier molecular flexibility index (Phi) is 7.44. The van der Waals surface area contributed by atoms with Gasteiger partial charge < -0.3 is 4.57 Å². The van der Waals surface area contributed by atoms with Crippen molar-refractivity contribution >= 4 is 53.3 Å². The maximum atomic E-state index is 2.45. The fraction of sp³-hybridized carbons (Fsp3) is 0.125. The van der Waals surface area contributed by atoms with Gasteiger partial charge in [-0.2, -0.15) is 0 Å². The minimum atomic E-state index is 0.445. The maximum Gasteiger partial charge on any atom is 0.0541 e. The topological polar surface area (TPSA) is 4.93 Å². The molecule has 7 aromatic carbocycles. The van der Waals surface area contributed by atoms with Gasteiger partial charge in [0.1, 0.15) is 0 Å². The summed E-state index contributed by atoms with van der Waals surface area (Å²) in [7, 11) is 0. The van der Waals surface area contributed by atoms with Crippen LogP contribution < -0.4 is 0 Å². The molecule has 0 radical (unpaired) electrons. The van der Waals surface area contributed by atoms with Crippen molar-refractivity contribution in [3.63, 3.8) is 0 Å². The predicted molar refractivity (Wildman–Crippen MR) is 218 cm³/mol. The van der Waals surface area contributed by atoms with Gasteiger partial charge in [-0.3, -0.25) is 0 Å². The molecule has 0 amide bonds. The third-order valence-corrected chi connectivity index (χ3v) is 11.9. The first kappa shape index (κ1) is 30.6. The van der Waals surface area contributed by atoms with Gasteiger partial charge in [-0.05, 0) is 95.5 Å². The number of hydrogen-bond donors (Lipinski definition) is 0. The molecule has 1 unspecified atom stereocenters. The molecule has 0 aliphatic heterocycles. The molecule has 0 fully saturated rings. The molecule has 242 valence electrons. The predicted octanol–water partition coefficient (Wildman–Crippen LogP) is 14.3. The van der Waals surface area contributed by atoms with Gasteiger partial charge in [0.2, 0.25) is 0 Å². The van der Waals surface area contributed by atoms with Crippen LogP contribution in [0.5, 0.6) is 0 Å². The molecule has 0 N–H and O–H groups in total. The van der Waals surface area contributed by atoms with Crippen LogP contribution in [0.1, 0.15) is 42.9 Å². The van der Waals surface area contributed by atoms with E-state index in [0.29, 0.717) is 5.92 Å². The fourth-order valence-corrected chi connectivity index (χ4v) is 9.45. The molecule has 0 aliphatic rings. The zero-order valence-corrected chi connectivity index (χ0v) is 29.8. The second kappa shape index (κ2) is 12.2. The molecule has 1 atom stereocenters. The van der Waals surface area contributed by atoms with Crippen molar-refractivity contribution in [2.45, 2.75) is 40.0 Å². The molecule has 0 aliphatic carbocycles. The van der Waals surface area contributed by atoms with E-state index in [-0.39, 0.29) is 0 Å². The molecule has 9 aromatic rings. The monoisotopic (exact) mass is 661 g/mol. The van der Waals surface area contributed by atoms with Crippen LogP contribution in [0.4, 0.5) is 0 Å². The number of nitrogens with zero attached hydrogens (tertiary/aromatic N) is 1. The number of aromatic nitrogens is 1. The SMILES string of the molecule is CCC(C)c1ccc(C)cc1-c1c(C)c(-c2ccccc2)c2c(sc3ccc(-n4c5ccccc5c5ccccc54)cc32)c1-c1ccccc1. The van der Waals surface area contributed by atoms with Crippen LogP contribution in [0.15, 0.2) is 146 Å². The highest BCUT2D eigenvalue weighted by atomic mass is 32.1. The Labute approximate surface area is 298 Å². The summed E-state index contributed by atoms with van der Waals surface area (Å²) >= 11 is 1.94. The molecule has 2 heteroatoms. The summed E-state index contributed by atoms with van der Waals surface area (Å²) < 4.78 is 5.10. The normalized spacial score (nSPS) is 12.4. The molecule has 0 bridgehead atoms. The van der Waals surface area contributed by atoms with Crippen molar-refractivity contribution in [1.82, 2.24) is 4.57 Å². The molecule has 9 rings (SSSR count). The number of thiophene rings is 1. The highest BCUT2D eigenvalue weighted by Crippen LogP contribution is 2.53. The van der Waals surface area contributed by atoms with Crippen molar-refractivity contribution in [3.05, 3.63) is 162 Å². The molecule has 0 saturated heterocycles. The molecule has 0 spiro atoms. The van der Waals surface area contributed by atoms with Crippen molar-refractivity contribution in [2.75, 3.05) is 0 Å². The highest BCUT2D eigenvalue weighted by Gasteiger charge is 2.26. The number of fused-ring (bicyclic) bond motifs is 6. The molecule has 2 aromatic heterocycles. The summed E-state index contributed by atoms with van der Waals surface area (Å²) in [6.07, 6.45) is 1.10. The van der Waals surface area contributed by atoms with Crippen LogP contribution in [0.3, 0.4) is 0 Å². The van der Waals surface area contributed by atoms with Crippen LogP contribution in [-0.4, -0.2) is 4.57 Å². The van der Waals surface area contributed by atoms with Crippen LogP contribution in [-0.2, 0) is 0 Å². The van der Waals surface area contributed by atoms with Crippen LogP contribution in [0.25, 0.3) is 81.0 Å². The first-order valence-corrected chi connectivity index (χ1v) is 18.6. The van der Waals surface area contributed by atoms with Gasteiger partial charge >= 0.3 is 0 Å². The standard InChI is InChI=1S/C48H39NS/c1-5-31(3)36-26-24-30(2)28-39(36)45-32(4)44(33-16-8-6-9-17-33)47-40-29-35(25-27-43(40)50-48(47)46(45)34-18-10-7-11-19-34)49-41-22-14-12-20-37(41)38-21-13-15-23-42(38)49/h6-29,31H,5H2,1-4H3. The summed E-state index contributed by atoms with van der Waals surface area (Å²) in [5.41, 5.74) is 15.6. The smallest absolute Gasteiger partial charge is 0.0541 e. The first-order chi connectivity index (χ1) is 24.5. The first-order valence-electron chi connectivity index (χ1n) is 17.8. The zero-order chi connectivity index (χ0) is 33.9. The zero-order valence-electron chi connectivity index (χ0n) is 29.0. The van der Waals surface area contributed by atoms with Crippen molar-refractivity contribution in [2.24, 2.45) is 0 Å². The molecular formula is C48H39NS. The second-order valence-corrected chi connectivity index (χ2v) is 14.8. The Morgan fingerprint density at radius 1 is 0.580 bits per heavy atom. The van der Waals surface area contributed by atoms with E-state index in [2.05, 4.69) is 178 Å². The van der Waals surface area contributed by atoms with E-state index in [1.165, 1.54) is 97.7 Å². The lowest BCUT2D eigenvalue weighted by Gasteiger charge is -2.24. The van der Waals surface area contributed by atoms with Gasteiger partial charge in [-0.15, -0.1) is 11.3 Å². The van der Waals surface area contributed by atoms with Crippen molar-refractivity contribution < 1.29 is 0 Å².